The SMILES string of the molecule is CCCNc1cccc(N2CCCCCC2CC)n1. The topological polar surface area (TPSA) is 28.2 Å². The van der Waals surface area contributed by atoms with Crippen molar-refractivity contribution in [2.24, 2.45) is 0 Å². The van der Waals surface area contributed by atoms with Gasteiger partial charge < -0.3 is 10.2 Å². The predicted octanol–water partition coefficient (Wildman–Crippen LogP) is 4.06. The Balaban J connectivity index is 2.13. The minimum atomic E-state index is 0.663. The van der Waals surface area contributed by atoms with Crippen molar-refractivity contribution in [3.8, 4) is 0 Å². The fourth-order valence-corrected chi connectivity index (χ4v) is 2.84. The van der Waals surface area contributed by atoms with Crippen molar-refractivity contribution < 1.29 is 0 Å². The summed E-state index contributed by atoms with van der Waals surface area (Å²) in [5.41, 5.74) is 0. The van der Waals surface area contributed by atoms with E-state index in [0.29, 0.717) is 6.04 Å². The fourth-order valence-electron chi connectivity index (χ4n) is 2.84. The third-order valence-electron chi connectivity index (χ3n) is 3.93. The van der Waals surface area contributed by atoms with Gasteiger partial charge in [0, 0.05) is 19.1 Å². The molecule has 0 aliphatic carbocycles. The van der Waals surface area contributed by atoms with Gasteiger partial charge in [0.15, 0.2) is 0 Å². The highest BCUT2D eigenvalue weighted by Crippen LogP contribution is 2.25. The molecule has 1 aliphatic heterocycles. The van der Waals surface area contributed by atoms with Gasteiger partial charge in [0.25, 0.3) is 0 Å². The minimum absolute atomic E-state index is 0.663. The molecule has 1 atom stereocenters. The molecule has 2 rings (SSSR count). The highest BCUT2D eigenvalue weighted by molar-refractivity contribution is 5.47. The van der Waals surface area contributed by atoms with E-state index in [1.54, 1.807) is 0 Å². The van der Waals surface area contributed by atoms with Crippen LogP contribution in [0.1, 0.15) is 52.4 Å². The zero-order valence-corrected chi connectivity index (χ0v) is 12.4. The van der Waals surface area contributed by atoms with E-state index >= 15 is 0 Å². The molecule has 1 saturated heterocycles. The normalized spacial score (nSPS) is 20.1. The van der Waals surface area contributed by atoms with Crippen LogP contribution in [0.5, 0.6) is 0 Å². The smallest absolute Gasteiger partial charge is 0.131 e. The molecule has 106 valence electrons. The Hall–Kier alpha value is -1.25. The molecule has 0 spiro atoms. The van der Waals surface area contributed by atoms with E-state index in [1.165, 1.54) is 32.1 Å². The van der Waals surface area contributed by atoms with Crippen molar-refractivity contribution in [1.82, 2.24) is 4.98 Å². The first-order valence-electron chi connectivity index (χ1n) is 7.82. The molecule has 3 heteroatoms. The van der Waals surface area contributed by atoms with Gasteiger partial charge in [-0.05, 0) is 37.8 Å². The Morgan fingerprint density at radius 2 is 2.16 bits per heavy atom. The first kappa shape index (κ1) is 14.2. The van der Waals surface area contributed by atoms with Crippen molar-refractivity contribution >= 4 is 11.6 Å². The van der Waals surface area contributed by atoms with Crippen LogP contribution < -0.4 is 10.2 Å². The van der Waals surface area contributed by atoms with Crippen LogP contribution in [0.3, 0.4) is 0 Å². The van der Waals surface area contributed by atoms with Gasteiger partial charge in [0.1, 0.15) is 11.6 Å². The maximum Gasteiger partial charge on any atom is 0.131 e. The molecule has 0 saturated carbocycles. The Bertz CT molecular complexity index is 378. The summed E-state index contributed by atoms with van der Waals surface area (Å²) in [5.74, 6) is 2.16. The molecule has 1 aromatic heterocycles. The van der Waals surface area contributed by atoms with Gasteiger partial charge in [-0.2, -0.15) is 0 Å². The lowest BCUT2D eigenvalue weighted by Crippen LogP contribution is -2.35. The van der Waals surface area contributed by atoms with Crippen LogP contribution >= 0.6 is 0 Å². The van der Waals surface area contributed by atoms with E-state index < -0.39 is 0 Å². The number of pyridine rings is 1. The zero-order valence-electron chi connectivity index (χ0n) is 12.4. The number of nitrogens with zero attached hydrogens (tertiary/aromatic N) is 2. The highest BCUT2D eigenvalue weighted by atomic mass is 15.2. The van der Waals surface area contributed by atoms with Gasteiger partial charge in [-0.3, -0.25) is 0 Å². The molecular formula is C16H27N3. The molecule has 1 aromatic rings. The van der Waals surface area contributed by atoms with E-state index in [4.69, 9.17) is 4.98 Å². The lowest BCUT2D eigenvalue weighted by atomic mass is 10.1. The first-order valence-corrected chi connectivity index (χ1v) is 7.82. The van der Waals surface area contributed by atoms with E-state index in [1.807, 2.05) is 0 Å². The predicted molar refractivity (Wildman–Crippen MR) is 82.9 cm³/mol. The summed E-state index contributed by atoms with van der Waals surface area (Å²) < 4.78 is 0. The van der Waals surface area contributed by atoms with Crippen LogP contribution in [0.15, 0.2) is 18.2 Å². The summed E-state index contributed by atoms with van der Waals surface area (Å²) in [6, 6.07) is 7.01. The summed E-state index contributed by atoms with van der Waals surface area (Å²) in [4.78, 5) is 7.31. The average molecular weight is 261 g/mol. The second-order valence-electron chi connectivity index (χ2n) is 5.41. The standard InChI is InChI=1S/C16H27N3/c1-3-12-17-15-10-8-11-16(18-15)19-13-7-5-6-9-14(19)4-2/h8,10-11,14H,3-7,9,12-13H2,1-2H3,(H,17,18). The summed E-state index contributed by atoms with van der Waals surface area (Å²) in [5, 5.41) is 3.38. The lowest BCUT2D eigenvalue weighted by molar-refractivity contribution is 0.552. The van der Waals surface area contributed by atoms with E-state index in [0.717, 1.165) is 31.1 Å². The van der Waals surface area contributed by atoms with Crippen LogP contribution in [-0.2, 0) is 0 Å². The molecular weight excluding hydrogens is 234 g/mol. The Labute approximate surface area is 117 Å². The highest BCUT2D eigenvalue weighted by Gasteiger charge is 2.20. The quantitative estimate of drug-likeness (QED) is 0.866. The second kappa shape index (κ2) is 7.37. The largest absolute Gasteiger partial charge is 0.370 e. The zero-order chi connectivity index (χ0) is 13.5. The molecule has 1 fully saturated rings. The second-order valence-corrected chi connectivity index (χ2v) is 5.41. The number of anilines is 2. The van der Waals surface area contributed by atoms with Crippen molar-refractivity contribution in [2.75, 3.05) is 23.3 Å². The fraction of sp³-hybridized carbons (Fsp3) is 0.688. The van der Waals surface area contributed by atoms with Gasteiger partial charge in [0.05, 0.1) is 0 Å². The lowest BCUT2D eigenvalue weighted by Gasteiger charge is -2.30. The van der Waals surface area contributed by atoms with Gasteiger partial charge in [-0.25, -0.2) is 4.98 Å². The molecule has 3 nitrogen and oxygen atoms in total. The maximum atomic E-state index is 4.79. The Morgan fingerprint density at radius 3 is 2.95 bits per heavy atom. The minimum Gasteiger partial charge on any atom is -0.370 e. The Kier molecular flexibility index (Phi) is 5.49. The van der Waals surface area contributed by atoms with E-state index in [-0.39, 0.29) is 0 Å². The molecule has 0 bridgehead atoms. The molecule has 1 N–H and O–H groups in total. The number of rotatable bonds is 5. The van der Waals surface area contributed by atoms with Crippen LogP contribution in [0.4, 0.5) is 11.6 Å². The van der Waals surface area contributed by atoms with Gasteiger partial charge in [-0.15, -0.1) is 0 Å². The number of aromatic nitrogens is 1. The number of hydrogen-bond acceptors (Lipinski definition) is 3. The maximum absolute atomic E-state index is 4.79. The molecule has 1 unspecified atom stereocenters. The summed E-state index contributed by atoms with van der Waals surface area (Å²) in [7, 11) is 0. The van der Waals surface area contributed by atoms with E-state index in [9.17, 15) is 0 Å². The monoisotopic (exact) mass is 261 g/mol. The molecule has 2 heterocycles. The summed E-state index contributed by atoms with van der Waals surface area (Å²) >= 11 is 0. The molecule has 0 aromatic carbocycles. The molecule has 0 amide bonds. The molecule has 1 aliphatic rings. The van der Waals surface area contributed by atoms with Crippen LogP contribution in [0, 0.1) is 0 Å². The first-order chi connectivity index (χ1) is 9.35. The van der Waals surface area contributed by atoms with Crippen molar-refractivity contribution in [3.05, 3.63) is 18.2 Å². The van der Waals surface area contributed by atoms with Crippen LogP contribution in [0.2, 0.25) is 0 Å². The summed E-state index contributed by atoms with van der Waals surface area (Å²) in [6.45, 7) is 6.62. The van der Waals surface area contributed by atoms with Crippen LogP contribution in [-0.4, -0.2) is 24.1 Å². The van der Waals surface area contributed by atoms with E-state index in [2.05, 4.69) is 42.3 Å². The van der Waals surface area contributed by atoms with Crippen molar-refractivity contribution in [2.45, 2.75) is 58.4 Å². The van der Waals surface area contributed by atoms with Crippen LogP contribution in [0.25, 0.3) is 0 Å². The molecule has 19 heavy (non-hydrogen) atoms. The third-order valence-corrected chi connectivity index (χ3v) is 3.93. The summed E-state index contributed by atoms with van der Waals surface area (Å²) in [6.07, 6.45) is 7.68. The van der Waals surface area contributed by atoms with Gasteiger partial charge in [0.2, 0.25) is 0 Å². The average Bonchev–Trinajstić information content (AvgIpc) is 2.70. The van der Waals surface area contributed by atoms with Gasteiger partial charge >= 0.3 is 0 Å². The number of nitrogens with one attached hydrogen (secondary N) is 1. The number of hydrogen-bond donors (Lipinski definition) is 1. The molecule has 0 radical (unpaired) electrons. The van der Waals surface area contributed by atoms with Crippen molar-refractivity contribution in [1.29, 1.82) is 0 Å². The Morgan fingerprint density at radius 1 is 1.26 bits per heavy atom. The van der Waals surface area contributed by atoms with Crippen molar-refractivity contribution in [3.63, 3.8) is 0 Å². The third kappa shape index (κ3) is 3.85. The van der Waals surface area contributed by atoms with Gasteiger partial charge in [-0.1, -0.05) is 32.8 Å².